The van der Waals surface area contributed by atoms with Crippen LogP contribution in [0, 0.1) is 12.8 Å². The zero-order chi connectivity index (χ0) is 20.2. The minimum absolute atomic E-state index is 0. The Kier molecular flexibility index (Phi) is 7.83. The second kappa shape index (κ2) is 10.4. The summed E-state index contributed by atoms with van der Waals surface area (Å²) in [7, 11) is 0. The Morgan fingerprint density at radius 1 is 1.20 bits per heavy atom. The van der Waals surface area contributed by atoms with E-state index in [0.717, 1.165) is 61.5 Å². The second-order valence-corrected chi connectivity index (χ2v) is 8.44. The number of likely N-dealkylation sites (tertiary alicyclic amines) is 1. The van der Waals surface area contributed by atoms with Crippen LogP contribution in [-0.2, 0) is 16.0 Å². The van der Waals surface area contributed by atoms with Gasteiger partial charge in [0.2, 0.25) is 5.91 Å². The summed E-state index contributed by atoms with van der Waals surface area (Å²) in [5.41, 5.74) is 3.09. The smallest absolute Gasteiger partial charge is 0.407 e. The first-order chi connectivity index (χ1) is 14.1. The number of nitrogens with zero attached hydrogens (tertiary/aromatic N) is 1. The number of piperidine rings is 1. The van der Waals surface area contributed by atoms with Gasteiger partial charge in [0.05, 0.1) is 6.61 Å². The Hall–Kier alpha value is -1.99. The molecule has 2 heterocycles. The molecule has 1 aromatic rings. The molecule has 166 valence electrons. The van der Waals surface area contributed by atoms with Crippen molar-refractivity contribution in [3.8, 4) is 5.75 Å². The van der Waals surface area contributed by atoms with Gasteiger partial charge in [-0.2, -0.15) is 0 Å². The maximum atomic E-state index is 11.8. The molecule has 2 aliphatic heterocycles. The van der Waals surface area contributed by atoms with Crippen molar-refractivity contribution in [2.75, 3.05) is 38.2 Å². The molecule has 0 radical (unpaired) electrons. The third-order valence-electron chi connectivity index (χ3n) is 6.04. The predicted octanol–water partition coefficient (Wildman–Crippen LogP) is 3.28. The highest BCUT2D eigenvalue weighted by molar-refractivity contribution is 5.94. The van der Waals surface area contributed by atoms with Gasteiger partial charge in [-0.25, -0.2) is 4.79 Å². The van der Waals surface area contributed by atoms with E-state index in [4.69, 9.17) is 9.47 Å². The number of anilines is 1. The SMILES string of the molecule is Cc1ccc2c(c1OCCN1CCC(NC(=O)OCC3CC3)CC1)CCC(=O)N2.Cl. The molecule has 3 aliphatic rings. The summed E-state index contributed by atoms with van der Waals surface area (Å²) >= 11 is 0. The van der Waals surface area contributed by atoms with Crippen LogP contribution in [0.2, 0.25) is 0 Å². The maximum absolute atomic E-state index is 11.8. The Bertz CT molecular complexity index is 761. The number of aryl methyl sites for hydroxylation is 1. The zero-order valence-corrected chi connectivity index (χ0v) is 18.4. The van der Waals surface area contributed by atoms with Crippen LogP contribution in [0.3, 0.4) is 0 Å². The molecule has 1 aliphatic carbocycles. The number of benzene rings is 1. The Balaban J connectivity index is 0.00000256. The number of ether oxygens (including phenoxy) is 2. The molecule has 0 atom stereocenters. The van der Waals surface area contributed by atoms with Gasteiger partial charge in [-0.3, -0.25) is 9.69 Å². The molecule has 2 N–H and O–H groups in total. The van der Waals surface area contributed by atoms with Gasteiger partial charge in [0.1, 0.15) is 12.4 Å². The molecule has 1 saturated heterocycles. The van der Waals surface area contributed by atoms with Gasteiger partial charge in [0.25, 0.3) is 0 Å². The summed E-state index contributed by atoms with van der Waals surface area (Å²) in [6.45, 7) is 5.97. The first kappa shape index (κ1) is 22.7. The van der Waals surface area contributed by atoms with Gasteiger partial charge in [0.15, 0.2) is 0 Å². The molecule has 30 heavy (non-hydrogen) atoms. The van der Waals surface area contributed by atoms with Gasteiger partial charge >= 0.3 is 6.09 Å². The minimum atomic E-state index is -0.268. The number of carbonyl (C=O) groups is 2. The van der Waals surface area contributed by atoms with E-state index in [1.807, 2.05) is 19.1 Å². The lowest BCUT2D eigenvalue weighted by molar-refractivity contribution is -0.116. The number of hydrogen-bond acceptors (Lipinski definition) is 5. The van der Waals surface area contributed by atoms with E-state index in [-0.39, 0.29) is 30.4 Å². The number of rotatable bonds is 7. The van der Waals surface area contributed by atoms with Gasteiger partial charge in [-0.15, -0.1) is 12.4 Å². The van der Waals surface area contributed by atoms with Crippen molar-refractivity contribution >= 4 is 30.1 Å². The van der Waals surface area contributed by atoms with Gasteiger partial charge < -0.3 is 20.1 Å². The average Bonchev–Trinajstić information content (AvgIpc) is 3.54. The Labute approximate surface area is 184 Å². The highest BCUT2D eigenvalue weighted by atomic mass is 35.5. The lowest BCUT2D eigenvalue weighted by Crippen LogP contribution is -2.45. The van der Waals surface area contributed by atoms with Crippen molar-refractivity contribution in [1.82, 2.24) is 10.2 Å². The largest absolute Gasteiger partial charge is 0.492 e. The predicted molar refractivity (Wildman–Crippen MR) is 118 cm³/mol. The van der Waals surface area contributed by atoms with E-state index in [2.05, 4.69) is 15.5 Å². The summed E-state index contributed by atoms with van der Waals surface area (Å²) in [5, 5.41) is 5.93. The van der Waals surface area contributed by atoms with E-state index in [0.29, 0.717) is 25.6 Å². The van der Waals surface area contributed by atoms with Gasteiger partial charge in [0, 0.05) is 43.3 Å². The van der Waals surface area contributed by atoms with E-state index >= 15 is 0 Å². The minimum Gasteiger partial charge on any atom is -0.492 e. The lowest BCUT2D eigenvalue weighted by Gasteiger charge is -2.32. The highest BCUT2D eigenvalue weighted by Gasteiger charge is 2.25. The number of nitrogens with one attached hydrogen (secondary N) is 2. The molecule has 4 rings (SSSR count). The van der Waals surface area contributed by atoms with Crippen LogP contribution in [0.1, 0.15) is 43.2 Å². The normalized spacial score (nSPS) is 19.3. The number of hydrogen-bond donors (Lipinski definition) is 2. The maximum Gasteiger partial charge on any atom is 0.407 e. The molecule has 0 spiro atoms. The molecular formula is C22H32ClN3O4. The highest BCUT2D eigenvalue weighted by Crippen LogP contribution is 2.34. The molecule has 2 fully saturated rings. The molecule has 1 aromatic carbocycles. The van der Waals surface area contributed by atoms with Gasteiger partial charge in [-0.05, 0) is 56.6 Å². The number of amides is 2. The molecular weight excluding hydrogens is 406 g/mol. The van der Waals surface area contributed by atoms with Crippen molar-refractivity contribution in [2.24, 2.45) is 5.92 Å². The van der Waals surface area contributed by atoms with Crippen LogP contribution >= 0.6 is 12.4 Å². The van der Waals surface area contributed by atoms with E-state index in [9.17, 15) is 9.59 Å². The molecule has 0 bridgehead atoms. The first-order valence-corrected chi connectivity index (χ1v) is 10.8. The van der Waals surface area contributed by atoms with Crippen LogP contribution in [0.15, 0.2) is 12.1 Å². The third-order valence-corrected chi connectivity index (χ3v) is 6.04. The Morgan fingerprint density at radius 2 is 1.97 bits per heavy atom. The fourth-order valence-corrected chi connectivity index (χ4v) is 4.03. The van der Waals surface area contributed by atoms with Crippen molar-refractivity contribution < 1.29 is 19.1 Å². The van der Waals surface area contributed by atoms with Crippen LogP contribution in [0.25, 0.3) is 0 Å². The number of carbonyl (C=O) groups excluding carboxylic acids is 2. The molecule has 8 heteroatoms. The summed E-state index contributed by atoms with van der Waals surface area (Å²) < 4.78 is 11.4. The summed E-state index contributed by atoms with van der Waals surface area (Å²) in [5.74, 6) is 1.58. The number of halogens is 1. The van der Waals surface area contributed by atoms with E-state index in [1.165, 1.54) is 12.8 Å². The van der Waals surface area contributed by atoms with E-state index < -0.39 is 0 Å². The van der Waals surface area contributed by atoms with Crippen LogP contribution < -0.4 is 15.4 Å². The zero-order valence-electron chi connectivity index (χ0n) is 17.6. The molecule has 7 nitrogen and oxygen atoms in total. The topological polar surface area (TPSA) is 79.9 Å². The average molecular weight is 438 g/mol. The quantitative estimate of drug-likeness (QED) is 0.684. The second-order valence-electron chi connectivity index (χ2n) is 8.44. The van der Waals surface area contributed by atoms with E-state index in [1.54, 1.807) is 0 Å². The number of alkyl carbamates (subject to hydrolysis) is 1. The summed E-state index contributed by atoms with van der Waals surface area (Å²) in [6.07, 6.45) is 5.22. The third kappa shape index (κ3) is 6.01. The van der Waals surface area contributed by atoms with Crippen LogP contribution in [0.4, 0.5) is 10.5 Å². The van der Waals surface area contributed by atoms with Crippen molar-refractivity contribution in [3.63, 3.8) is 0 Å². The molecule has 0 aromatic heterocycles. The van der Waals surface area contributed by atoms with Gasteiger partial charge in [-0.1, -0.05) is 6.07 Å². The van der Waals surface area contributed by atoms with Crippen molar-refractivity contribution in [2.45, 2.75) is 51.5 Å². The fraction of sp³-hybridized carbons (Fsp3) is 0.636. The summed E-state index contributed by atoms with van der Waals surface area (Å²) in [4.78, 5) is 25.8. The standard InChI is InChI=1S/C22H31N3O4.ClH/c1-15-2-6-19-18(5-7-20(26)24-19)21(15)28-13-12-25-10-8-17(9-11-25)23-22(27)29-14-16-3-4-16;/h2,6,16-17H,3-5,7-14H2,1H3,(H,23,27)(H,24,26);1H. The number of fused-ring (bicyclic) bond motifs is 1. The monoisotopic (exact) mass is 437 g/mol. The lowest BCUT2D eigenvalue weighted by atomic mass is 9.99. The Morgan fingerprint density at radius 3 is 2.70 bits per heavy atom. The van der Waals surface area contributed by atoms with Crippen LogP contribution in [-0.4, -0.2) is 55.8 Å². The first-order valence-electron chi connectivity index (χ1n) is 10.8. The molecule has 2 amide bonds. The fourth-order valence-electron chi connectivity index (χ4n) is 4.03. The van der Waals surface area contributed by atoms with Crippen molar-refractivity contribution in [1.29, 1.82) is 0 Å². The summed E-state index contributed by atoms with van der Waals surface area (Å²) in [6, 6.07) is 4.16. The molecule has 1 saturated carbocycles. The van der Waals surface area contributed by atoms with Crippen LogP contribution in [0.5, 0.6) is 5.75 Å². The van der Waals surface area contributed by atoms with Crippen molar-refractivity contribution in [3.05, 3.63) is 23.3 Å². The molecule has 0 unspecified atom stereocenters.